The maximum atomic E-state index is 10.8. The molecule has 0 bridgehead atoms. The van der Waals surface area contributed by atoms with Crippen LogP contribution in [0.15, 0.2) is 76.2 Å². The quantitative estimate of drug-likeness (QED) is 0.480. The van der Waals surface area contributed by atoms with Gasteiger partial charge >= 0.3 is 0 Å². The van der Waals surface area contributed by atoms with Gasteiger partial charge in [-0.15, -0.1) is 0 Å². The van der Waals surface area contributed by atoms with Gasteiger partial charge < -0.3 is 9.84 Å². The van der Waals surface area contributed by atoms with Crippen molar-refractivity contribution < 1.29 is 9.84 Å². The van der Waals surface area contributed by atoms with E-state index in [0.29, 0.717) is 18.8 Å². The Morgan fingerprint density at radius 1 is 1.07 bits per heavy atom. The standard InChI is InChI=1S/C25H25BrN2O2/c1-3-30-23-6-4-5-20(24(23)29)22-15-21(17-11-13-19(26)14-12-17)27-25(28-22)18-9-7-16(2)8-10-18/h4-14,22,25,28-29H,3,15H2,1-2H3/t22-,25+/m0/s1. The number of aromatic hydroxyl groups is 1. The number of halogens is 1. The summed E-state index contributed by atoms with van der Waals surface area (Å²) < 4.78 is 6.64. The average molecular weight is 465 g/mol. The van der Waals surface area contributed by atoms with Gasteiger partial charge in [-0.1, -0.05) is 70.0 Å². The van der Waals surface area contributed by atoms with E-state index in [1.54, 1.807) is 6.07 Å². The molecule has 0 spiro atoms. The fourth-order valence-corrected chi connectivity index (χ4v) is 4.00. The largest absolute Gasteiger partial charge is 0.504 e. The van der Waals surface area contributed by atoms with Crippen molar-refractivity contribution in [2.45, 2.75) is 32.5 Å². The van der Waals surface area contributed by atoms with Crippen LogP contribution in [0.2, 0.25) is 0 Å². The average Bonchev–Trinajstić information content (AvgIpc) is 2.76. The van der Waals surface area contributed by atoms with Gasteiger partial charge in [0.25, 0.3) is 0 Å². The molecule has 30 heavy (non-hydrogen) atoms. The summed E-state index contributed by atoms with van der Waals surface area (Å²) in [5.74, 6) is 0.702. The van der Waals surface area contributed by atoms with Crippen molar-refractivity contribution in [2.75, 3.05) is 6.61 Å². The minimum atomic E-state index is -0.196. The lowest BCUT2D eigenvalue weighted by molar-refractivity contribution is 0.313. The summed E-state index contributed by atoms with van der Waals surface area (Å²) in [5, 5.41) is 14.5. The van der Waals surface area contributed by atoms with Crippen LogP contribution in [0.25, 0.3) is 0 Å². The highest BCUT2D eigenvalue weighted by molar-refractivity contribution is 9.10. The number of nitrogens with zero attached hydrogens (tertiary/aromatic N) is 1. The summed E-state index contributed by atoms with van der Waals surface area (Å²) >= 11 is 3.51. The van der Waals surface area contributed by atoms with Crippen LogP contribution in [-0.4, -0.2) is 17.4 Å². The van der Waals surface area contributed by atoms with Gasteiger partial charge in [-0.25, -0.2) is 0 Å². The van der Waals surface area contributed by atoms with E-state index in [1.165, 1.54) is 5.56 Å². The third-order valence-electron chi connectivity index (χ3n) is 5.32. The van der Waals surface area contributed by atoms with Crippen molar-refractivity contribution in [3.05, 3.63) is 93.5 Å². The molecule has 0 saturated heterocycles. The Morgan fingerprint density at radius 3 is 2.50 bits per heavy atom. The second kappa shape index (κ2) is 9.02. The van der Waals surface area contributed by atoms with Crippen LogP contribution in [0, 0.1) is 6.92 Å². The number of benzene rings is 3. The first-order chi connectivity index (χ1) is 14.5. The first-order valence-electron chi connectivity index (χ1n) is 10.1. The maximum absolute atomic E-state index is 10.8. The van der Waals surface area contributed by atoms with Crippen molar-refractivity contribution in [1.82, 2.24) is 5.32 Å². The van der Waals surface area contributed by atoms with Gasteiger partial charge in [0.15, 0.2) is 11.5 Å². The Morgan fingerprint density at radius 2 is 1.80 bits per heavy atom. The molecule has 0 saturated carbocycles. The minimum Gasteiger partial charge on any atom is -0.504 e. The Bertz CT molecular complexity index is 1050. The summed E-state index contributed by atoms with van der Waals surface area (Å²) in [4.78, 5) is 5.02. The highest BCUT2D eigenvalue weighted by Gasteiger charge is 2.28. The number of aryl methyl sites for hydroxylation is 1. The van der Waals surface area contributed by atoms with E-state index >= 15 is 0 Å². The second-order valence-electron chi connectivity index (χ2n) is 7.45. The number of para-hydroxylation sites is 1. The lowest BCUT2D eigenvalue weighted by atomic mass is 9.93. The zero-order chi connectivity index (χ0) is 21.1. The molecule has 2 N–H and O–H groups in total. The summed E-state index contributed by atoms with van der Waals surface area (Å²) in [7, 11) is 0. The highest BCUT2D eigenvalue weighted by atomic mass is 79.9. The fourth-order valence-electron chi connectivity index (χ4n) is 3.74. The number of aliphatic imine (C=N–C) groups is 1. The number of hydrogen-bond donors (Lipinski definition) is 2. The van der Waals surface area contributed by atoms with Gasteiger partial charge in [0.1, 0.15) is 6.17 Å². The molecule has 3 aromatic rings. The molecule has 0 aliphatic carbocycles. The Hall–Kier alpha value is -2.63. The summed E-state index contributed by atoms with van der Waals surface area (Å²) in [5.41, 5.74) is 5.23. The first-order valence-corrected chi connectivity index (χ1v) is 10.9. The van der Waals surface area contributed by atoms with Crippen molar-refractivity contribution in [3.63, 3.8) is 0 Å². The van der Waals surface area contributed by atoms with Crippen LogP contribution in [0.3, 0.4) is 0 Å². The van der Waals surface area contributed by atoms with E-state index in [0.717, 1.165) is 26.9 Å². The van der Waals surface area contributed by atoms with E-state index in [4.69, 9.17) is 9.73 Å². The number of phenolic OH excluding ortho intramolecular Hbond substituents is 1. The molecule has 4 nitrogen and oxygen atoms in total. The molecule has 0 amide bonds. The molecule has 1 aliphatic rings. The zero-order valence-electron chi connectivity index (χ0n) is 17.1. The van der Waals surface area contributed by atoms with Crippen LogP contribution in [-0.2, 0) is 0 Å². The summed E-state index contributed by atoms with van der Waals surface area (Å²) in [6.07, 6.45) is 0.478. The number of nitrogens with one attached hydrogen (secondary N) is 1. The smallest absolute Gasteiger partial charge is 0.162 e. The van der Waals surface area contributed by atoms with Crippen LogP contribution in [0.1, 0.15) is 47.8 Å². The SMILES string of the molecule is CCOc1cccc([C@@H]2CC(c3ccc(Br)cc3)=N[C@@H](c3ccc(C)cc3)N2)c1O. The van der Waals surface area contributed by atoms with Crippen LogP contribution in [0.4, 0.5) is 0 Å². The molecule has 2 atom stereocenters. The monoisotopic (exact) mass is 464 g/mol. The van der Waals surface area contributed by atoms with E-state index in [9.17, 15) is 5.11 Å². The lowest BCUT2D eigenvalue weighted by Crippen LogP contribution is -2.33. The van der Waals surface area contributed by atoms with E-state index in [2.05, 4.69) is 64.6 Å². The molecule has 0 aromatic heterocycles. The Balaban J connectivity index is 1.74. The van der Waals surface area contributed by atoms with Gasteiger partial charge in [0, 0.05) is 28.2 Å². The number of hydrogen-bond acceptors (Lipinski definition) is 4. The highest BCUT2D eigenvalue weighted by Crippen LogP contribution is 2.39. The van der Waals surface area contributed by atoms with Gasteiger partial charge in [-0.05, 0) is 43.2 Å². The van der Waals surface area contributed by atoms with Crippen LogP contribution in [0.5, 0.6) is 11.5 Å². The molecular formula is C25H25BrN2O2. The Kier molecular flexibility index (Phi) is 6.21. The minimum absolute atomic E-state index is 0.0899. The number of ether oxygens (including phenoxy) is 1. The number of rotatable bonds is 5. The van der Waals surface area contributed by atoms with Gasteiger partial charge in [-0.3, -0.25) is 10.3 Å². The molecule has 1 aliphatic heterocycles. The maximum Gasteiger partial charge on any atom is 0.162 e. The van der Waals surface area contributed by atoms with Gasteiger partial charge in [0.05, 0.1) is 6.61 Å². The summed E-state index contributed by atoms with van der Waals surface area (Å²) in [6.45, 7) is 4.50. The summed E-state index contributed by atoms with van der Waals surface area (Å²) in [6, 6.07) is 22.2. The molecule has 0 fully saturated rings. The molecule has 3 aromatic carbocycles. The van der Waals surface area contributed by atoms with E-state index < -0.39 is 0 Å². The second-order valence-corrected chi connectivity index (χ2v) is 8.36. The molecule has 4 rings (SSSR count). The molecule has 5 heteroatoms. The van der Waals surface area contributed by atoms with Crippen molar-refractivity contribution in [1.29, 1.82) is 0 Å². The van der Waals surface area contributed by atoms with Crippen molar-refractivity contribution in [3.8, 4) is 11.5 Å². The molecule has 154 valence electrons. The third kappa shape index (κ3) is 4.42. The molecular weight excluding hydrogens is 440 g/mol. The Labute approximate surface area is 185 Å². The predicted molar refractivity (Wildman–Crippen MR) is 124 cm³/mol. The van der Waals surface area contributed by atoms with Crippen molar-refractivity contribution in [2.24, 2.45) is 4.99 Å². The fraction of sp³-hybridized carbons (Fsp3) is 0.240. The van der Waals surface area contributed by atoms with Crippen LogP contribution < -0.4 is 10.1 Å². The first kappa shape index (κ1) is 20.6. The van der Waals surface area contributed by atoms with E-state index in [1.807, 2.05) is 31.2 Å². The van der Waals surface area contributed by atoms with Gasteiger partial charge in [0.2, 0.25) is 0 Å². The van der Waals surface area contributed by atoms with Crippen LogP contribution >= 0.6 is 15.9 Å². The topological polar surface area (TPSA) is 53.8 Å². The van der Waals surface area contributed by atoms with E-state index in [-0.39, 0.29) is 18.0 Å². The lowest BCUT2D eigenvalue weighted by Gasteiger charge is -2.31. The molecule has 0 unspecified atom stereocenters. The zero-order valence-corrected chi connectivity index (χ0v) is 18.7. The normalized spacial score (nSPS) is 18.7. The van der Waals surface area contributed by atoms with Crippen molar-refractivity contribution >= 4 is 21.6 Å². The number of phenols is 1. The molecule has 1 heterocycles. The van der Waals surface area contributed by atoms with Gasteiger partial charge in [-0.2, -0.15) is 0 Å². The predicted octanol–water partition coefficient (Wildman–Crippen LogP) is 6.08. The third-order valence-corrected chi connectivity index (χ3v) is 5.85. The molecule has 0 radical (unpaired) electrons.